The number of nitrogens with one attached hydrogen (secondary N) is 1. The van der Waals surface area contributed by atoms with Crippen molar-refractivity contribution in [2.45, 2.75) is 43.7 Å². The molecule has 5 rings (SSSR count). The number of halogens is 2. The Hall–Kier alpha value is -3.20. The number of aromatic nitrogens is 5. The van der Waals surface area contributed by atoms with Crippen LogP contribution >= 0.6 is 0 Å². The van der Waals surface area contributed by atoms with Crippen molar-refractivity contribution in [2.75, 3.05) is 0 Å². The first kappa shape index (κ1) is 18.6. The van der Waals surface area contributed by atoms with Crippen LogP contribution in [0.15, 0.2) is 49.7 Å². The lowest BCUT2D eigenvalue weighted by molar-refractivity contribution is 0.116. The van der Waals surface area contributed by atoms with Gasteiger partial charge in [0.2, 0.25) is 0 Å². The number of piperidine rings is 1. The van der Waals surface area contributed by atoms with Crippen LogP contribution in [0.1, 0.15) is 27.0 Å². The smallest absolute Gasteiger partial charge is 0.177 e. The van der Waals surface area contributed by atoms with Crippen molar-refractivity contribution in [3.8, 4) is 22.7 Å². The van der Waals surface area contributed by atoms with Gasteiger partial charge in [0.15, 0.2) is 5.82 Å². The first-order valence-electron chi connectivity index (χ1n) is 10.5. The van der Waals surface area contributed by atoms with E-state index in [4.69, 9.17) is 1.37 Å². The minimum atomic E-state index is -1.70. The van der Waals surface area contributed by atoms with Gasteiger partial charge >= 0.3 is 0 Å². The first-order chi connectivity index (χ1) is 15.2. The van der Waals surface area contributed by atoms with Gasteiger partial charge in [-0.05, 0) is 37.5 Å². The highest BCUT2D eigenvalue weighted by molar-refractivity contribution is 5.68. The van der Waals surface area contributed by atoms with Crippen molar-refractivity contribution in [3.63, 3.8) is 0 Å². The van der Waals surface area contributed by atoms with Crippen molar-refractivity contribution in [3.05, 3.63) is 55.5 Å². The number of phenolic OH excluding ortho intramolecular Hbond substituents is 1. The standard InChI is InChI=1S/C22H22F2N6O/c1-12(15-9-22(2)19(23)8-16(27-22)20(15)24)21-26-10-17(28-29-21)14-4-3-13(7-18(14)31)30-6-5-25-11-30/h3-7,10-11,15-16,19-20,27,31H,1,8-9H2,2H3/t15-,16-,19+,20-,22-/m0/s1/i16D. The normalized spacial score (nSPS) is 32.6. The topological polar surface area (TPSA) is 88.8 Å². The van der Waals surface area contributed by atoms with Gasteiger partial charge in [0.1, 0.15) is 23.8 Å². The molecule has 0 saturated carbocycles. The molecule has 2 aliphatic rings. The summed E-state index contributed by atoms with van der Waals surface area (Å²) in [4.78, 5) is 8.25. The molecule has 160 valence electrons. The zero-order valence-corrected chi connectivity index (χ0v) is 16.8. The molecular weight excluding hydrogens is 402 g/mol. The van der Waals surface area contributed by atoms with Crippen LogP contribution in [0.5, 0.6) is 5.75 Å². The lowest BCUT2D eigenvalue weighted by Gasteiger charge is -2.39. The highest BCUT2D eigenvalue weighted by Gasteiger charge is 2.55. The van der Waals surface area contributed by atoms with E-state index in [-0.39, 0.29) is 30.0 Å². The fourth-order valence-electron chi connectivity index (χ4n) is 4.40. The summed E-state index contributed by atoms with van der Waals surface area (Å²) in [6.07, 6.45) is 3.42. The largest absolute Gasteiger partial charge is 0.507 e. The summed E-state index contributed by atoms with van der Waals surface area (Å²) >= 11 is 0. The van der Waals surface area contributed by atoms with Crippen LogP contribution in [0, 0.1) is 5.92 Å². The molecule has 1 aromatic carbocycles. The van der Waals surface area contributed by atoms with Crippen molar-refractivity contribution in [1.82, 2.24) is 30.0 Å². The molecule has 0 spiro atoms. The number of benzene rings is 1. The van der Waals surface area contributed by atoms with Gasteiger partial charge in [0, 0.05) is 42.9 Å². The van der Waals surface area contributed by atoms with Gasteiger partial charge < -0.3 is 15.0 Å². The van der Waals surface area contributed by atoms with E-state index in [1.165, 1.54) is 6.20 Å². The van der Waals surface area contributed by atoms with Crippen LogP contribution in [0.25, 0.3) is 22.5 Å². The predicted octanol–water partition coefficient (Wildman–Crippen LogP) is 3.26. The van der Waals surface area contributed by atoms with Crippen molar-refractivity contribution in [1.29, 1.82) is 0 Å². The first-order valence-corrected chi connectivity index (χ1v) is 9.98. The number of rotatable bonds is 4. The Morgan fingerprint density at radius 1 is 1.39 bits per heavy atom. The summed E-state index contributed by atoms with van der Waals surface area (Å²) in [7, 11) is 0. The van der Waals surface area contributed by atoms with Gasteiger partial charge in [-0.2, -0.15) is 0 Å². The predicted molar refractivity (Wildman–Crippen MR) is 111 cm³/mol. The molecule has 2 fully saturated rings. The van der Waals surface area contributed by atoms with Gasteiger partial charge in [-0.3, -0.25) is 0 Å². The van der Waals surface area contributed by atoms with E-state index >= 15 is 4.39 Å². The number of allylic oxidation sites excluding steroid dienone is 1. The van der Waals surface area contributed by atoms with Crippen LogP contribution in [0.3, 0.4) is 0 Å². The number of alkyl halides is 2. The van der Waals surface area contributed by atoms with E-state index in [0.29, 0.717) is 11.3 Å². The Bertz CT molecular complexity index is 1170. The molecule has 0 aliphatic carbocycles. The van der Waals surface area contributed by atoms with Gasteiger partial charge in [-0.15, -0.1) is 10.2 Å². The summed E-state index contributed by atoms with van der Waals surface area (Å²) in [5.41, 5.74) is 0.801. The molecule has 4 heterocycles. The molecule has 7 nitrogen and oxygen atoms in total. The number of nitrogens with zero attached hydrogens (tertiary/aromatic N) is 5. The van der Waals surface area contributed by atoms with Crippen molar-refractivity contribution < 1.29 is 15.3 Å². The number of hydrogen-bond donors (Lipinski definition) is 2. The summed E-state index contributed by atoms with van der Waals surface area (Å²) in [5.74, 6) is -0.662. The third-order valence-corrected chi connectivity index (χ3v) is 6.22. The van der Waals surface area contributed by atoms with E-state index < -0.39 is 29.8 Å². The number of fused-ring (bicyclic) bond motifs is 2. The van der Waals surface area contributed by atoms with Gasteiger partial charge in [0.05, 0.1) is 18.2 Å². The van der Waals surface area contributed by atoms with Gasteiger partial charge in [0.25, 0.3) is 0 Å². The number of phenols is 1. The third kappa shape index (κ3) is 3.29. The molecule has 2 N–H and O–H groups in total. The second-order valence-electron chi connectivity index (χ2n) is 8.32. The van der Waals surface area contributed by atoms with E-state index in [9.17, 15) is 9.50 Å². The van der Waals surface area contributed by atoms with Crippen LogP contribution < -0.4 is 5.32 Å². The number of imidazole rings is 1. The Labute approximate surface area is 179 Å². The SMILES string of the molecule is [2H][C@]12C[C@@H](F)[C@](C)(C[C@@H](C(=C)c3ncc(-c4ccc(-n5ccnc5)cc4O)nn3)[C@@H]1F)N2. The molecule has 5 atom stereocenters. The Morgan fingerprint density at radius 3 is 2.90 bits per heavy atom. The molecule has 2 aromatic heterocycles. The average molecular weight is 425 g/mol. The van der Waals surface area contributed by atoms with E-state index in [1.54, 1.807) is 48.4 Å². The maximum Gasteiger partial charge on any atom is 0.177 e. The summed E-state index contributed by atoms with van der Waals surface area (Å²) in [6, 6.07) is 3.37. The maximum absolute atomic E-state index is 15.2. The Balaban J connectivity index is 1.39. The minimum Gasteiger partial charge on any atom is -0.507 e. The molecule has 0 amide bonds. The monoisotopic (exact) mass is 425 g/mol. The number of hydrogen-bond acceptors (Lipinski definition) is 6. The lowest BCUT2D eigenvalue weighted by atomic mass is 9.79. The molecular formula is C22H22F2N6O. The van der Waals surface area contributed by atoms with Crippen LogP contribution in [0.2, 0.25) is 0 Å². The van der Waals surface area contributed by atoms with Crippen molar-refractivity contribution >= 4 is 5.57 Å². The van der Waals surface area contributed by atoms with Crippen LogP contribution in [0.4, 0.5) is 8.78 Å². The Kier molecular flexibility index (Phi) is 4.31. The third-order valence-electron chi connectivity index (χ3n) is 6.22. The molecule has 0 unspecified atom stereocenters. The maximum atomic E-state index is 15.2. The zero-order valence-electron chi connectivity index (χ0n) is 17.8. The molecule has 0 radical (unpaired) electrons. The van der Waals surface area contributed by atoms with Crippen LogP contribution in [-0.4, -0.2) is 53.7 Å². The number of aromatic hydroxyl groups is 1. The lowest BCUT2D eigenvalue weighted by Crippen LogP contribution is -2.55. The Morgan fingerprint density at radius 2 is 2.23 bits per heavy atom. The van der Waals surface area contributed by atoms with Gasteiger partial charge in [-0.25, -0.2) is 18.7 Å². The van der Waals surface area contributed by atoms with Gasteiger partial charge in [-0.1, -0.05) is 6.58 Å². The molecule has 9 heteroatoms. The van der Waals surface area contributed by atoms with Crippen molar-refractivity contribution in [2.24, 2.45) is 5.92 Å². The molecule has 31 heavy (non-hydrogen) atoms. The summed E-state index contributed by atoms with van der Waals surface area (Å²) in [5, 5.41) is 21.5. The van der Waals surface area contributed by atoms with E-state index in [0.717, 1.165) is 5.69 Å². The average Bonchev–Trinajstić information content (AvgIpc) is 3.37. The second kappa shape index (κ2) is 7.19. The highest BCUT2D eigenvalue weighted by Crippen LogP contribution is 2.45. The fraction of sp³-hybridized carbons (Fsp3) is 0.364. The molecule has 2 bridgehead atoms. The van der Waals surface area contributed by atoms with E-state index in [2.05, 4.69) is 32.1 Å². The minimum absolute atomic E-state index is 0.00399. The quantitative estimate of drug-likeness (QED) is 0.667. The molecule has 3 aromatic rings. The highest BCUT2D eigenvalue weighted by atomic mass is 19.1. The fourth-order valence-corrected chi connectivity index (χ4v) is 4.40. The summed E-state index contributed by atoms with van der Waals surface area (Å²) in [6.45, 7) is 5.61. The molecule has 2 aliphatic heterocycles. The van der Waals surface area contributed by atoms with E-state index in [1.807, 2.05) is 0 Å². The zero-order chi connectivity index (χ0) is 22.7. The molecule has 2 saturated heterocycles. The van der Waals surface area contributed by atoms with Crippen LogP contribution in [-0.2, 0) is 0 Å². The second-order valence-corrected chi connectivity index (χ2v) is 8.32. The summed E-state index contributed by atoms with van der Waals surface area (Å²) < 4.78 is 39.7.